The fraction of sp³-hybridized carbons (Fsp3) is 0.852. The van der Waals surface area contributed by atoms with E-state index in [0.717, 1.165) is 70.6 Å². The van der Waals surface area contributed by atoms with Crippen molar-refractivity contribution in [1.82, 2.24) is 0 Å². The quantitative estimate of drug-likeness (QED) is 0.0145. The van der Waals surface area contributed by atoms with Crippen molar-refractivity contribution in [2.45, 2.75) is 281 Å². The number of unbranched alkanes of at least 4 members (excludes halogenated alkanes) is 28. The van der Waals surface area contributed by atoms with Gasteiger partial charge >= 0.3 is 19.8 Å². The molecule has 6 N–H and O–H groups in total. The van der Waals surface area contributed by atoms with E-state index < -0.39 is 75.7 Å². The minimum absolute atomic E-state index is 0.0839. The van der Waals surface area contributed by atoms with E-state index in [2.05, 4.69) is 50.3 Å². The number of carbonyl (C=O) groups excluding carboxylic acids is 2. The number of hydrogen-bond donors (Lipinski definition) is 6. The highest BCUT2D eigenvalue weighted by Crippen LogP contribution is 2.47. The van der Waals surface area contributed by atoms with Gasteiger partial charge in [0.25, 0.3) is 0 Å². The average Bonchev–Trinajstić information content (AvgIpc) is 3.32. The monoisotopic (exact) mass is 987 g/mol. The highest BCUT2D eigenvalue weighted by molar-refractivity contribution is 7.47. The first-order chi connectivity index (χ1) is 32.9. The number of aliphatic hydroxyl groups excluding tert-OH is 5. The zero-order valence-corrected chi connectivity index (χ0v) is 43.6. The van der Waals surface area contributed by atoms with E-state index in [4.69, 9.17) is 18.5 Å². The molecule has 398 valence electrons. The zero-order chi connectivity index (χ0) is 49.9. The highest BCUT2D eigenvalue weighted by Gasteiger charge is 2.51. The molecule has 0 saturated heterocycles. The second-order valence-electron chi connectivity index (χ2n) is 19.1. The summed E-state index contributed by atoms with van der Waals surface area (Å²) in [5.41, 5.74) is 0. The molecule has 0 bridgehead atoms. The average molecular weight is 987 g/mol. The molecule has 0 aliphatic heterocycles. The number of esters is 2. The van der Waals surface area contributed by atoms with Crippen molar-refractivity contribution in [3.05, 3.63) is 36.5 Å². The molecule has 0 heterocycles. The summed E-state index contributed by atoms with van der Waals surface area (Å²) in [6, 6.07) is 0. The molecule has 0 radical (unpaired) electrons. The van der Waals surface area contributed by atoms with Gasteiger partial charge in [0.1, 0.15) is 43.2 Å². The Morgan fingerprint density at radius 3 is 1.24 bits per heavy atom. The second-order valence-corrected chi connectivity index (χ2v) is 20.5. The van der Waals surface area contributed by atoms with E-state index >= 15 is 0 Å². The largest absolute Gasteiger partial charge is 0.472 e. The van der Waals surface area contributed by atoms with Crippen LogP contribution in [0.15, 0.2) is 36.5 Å². The van der Waals surface area contributed by atoms with Crippen molar-refractivity contribution in [3.8, 4) is 0 Å². The Morgan fingerprint density at radius 1 is 0.456 bits per heavy atom. The van der Waals surface area contributed by atoms with Crippen molar-refractivity contribution >= 4 is 19.8 Å². The molecule has 0 aromatic heterocycles. The number of ether oxygens (including phenoxy) is 2. The lowest BCUT2D eigenvalue weighted by Crippen LogP contribution is -2.64. The number of phosphoric ester groups is 1. The summed E-state index contributed by atoms with van der Waals surface area (Å²) >= 11 is 0. The Balaban J connectivity index is 2.37. The molecule has 0 spiro atoms. The van der Waals surface area contributed by atoms with Gasteiger partial charge in [-0.05, 0) is 51.4 Å². The molecule has 1 aliphatic rings. The number of rotatable bonds is 46. The van der Waals surface area contributed by atoms with Crippen LogP contribution in [-0.4, -0.2) is 98.3 Å². The Bertz CT molecular complexity index is 1330. The van der Waals surface area contributed by atoms with Crippen LogP contribution < -0.4 is 0 Å². The molecule has 1 aliphatic carbocycles. The molecule has 13 nitrogen and oxygen atoms in total. The van der Waals surface area contributed by atoms with Gasteiger partial charge in [0, 0.05) is 12.8 Å². The molecule has 6 unspecified atom stereocenters. The molecule has 1 fully saturated rings. The zero-order valence-electron chi connectivity index (χ0n) is 42.7. The van der Waals surface area contributed by atoms with Crippen molar-refractivity contribution in [2.24, 2.45) is 0 Å². The van der Waals surface area contributed by atoms with Gasteiger partial charge in [0.05, 0.1) is 6.61 Å². The van der Waals surface area contributed by atoms with Crippen LogP contribution in [0.1, 0.15) is 239 Å². The molecule has 0 aromatic carbocycles. The number of aliphatic hydroxyl groups is 5. The predicted molar refractivity (Wildman–Crippen MR) is 272 cm³/mol. The summed E-state index contributed by atoms with van der Waals surface area (Å²) in [7, 11) is -5.13. The molecular formula is C54H99O13P. The van der Waals surface area contributed by atoms with Crippen LogP contribution in [0.3, 0.4) is 0 Å². The third-order valence-corrected chi connectivity index (χ3v) is 13.7. The van der Waals surface area contributed by atoms with Crippen LogP contribution in [0.5, 0.6) is 0 Å². The van der Waals surface area contributed by atoms with E-state index in [1.165, 1.54) is 128 Å². The minimum atomic E-state index is -5.13. The third-order valence-electron chi connectivity index (χ3n) is 12.7. The first-order valence-electron chi connectivity index (χ1n) is 27.3. The van der Waals surface area contributed by atoms with Crippen LogP contribution in [0.4, 0.5) is 0 Å². The Morgan fingerprint density at radius 2 is 0.794 bits per heavy atom. The van der Waals surface area contributed by atoms with Crippen molar-refractivity contribution in [1.29, 1.82) is 0 Å². The molecule has 14 heteroatoms. The lowest BCUT2D eigenvalue weighted by atomic mass is 9.85. The smallest absolute Gasteiger partial charge is 0.462 e. The summed E-state index contributed by atoms with van der Waals surface area (Å²) in [4.78, 5) is 35.9. The van der Waals surface area contributed by atoms with Crippen LogP contribution >= 0.6 is 7.82 Å². The lowest BCUT2D eigenvalue weighted by molar-refractivity contribution is -0.220. The molecule has 0 aromatic rings. The van der Waals surface area contributed by atoms with Gasteiger partial charge in [0.2, 0.25) is 0 Å². The first kappa shape index (κ1) is 64.1. The van der Waals surface area contributed by atoms with E-state index in [9.17, 15) is 44.6 Å². The minimum Gasteiger partial charge on any atom is -0.462 e. The van der Waals surface area contributed by atoms with E-state index in [1.54, 1.807) is 0 Å². The van der Waals surface area contributed by atoms with E-state index in [0.29, 0.717) is 12.8 Å². The normalized spacial score (nSPS) is 21.2. The predicted octanol–water partition coefficient (Wildman–Crippen LogP) is 12.1. The fourth-order valence-electron chi connectivity index (χ4n) is 8.36. The third kappa shape index (κ3) is 35.2. The summed E-state index contributed by atoms with van der Waals surface area (Å²) < 4.78 is 33.7. The van der Waals surface area contributed by atoms with Gasteiger partial charge in [-0.3, -0.25) is 18.6 Å². The van der Waals surface area contributed by atoms with Gasteiger partial charge in [-0.15, -0.1) is 0 Å². The maximum absolute atomic E-state index is 12.9. The first-order valence-corrected chi connectivity index (χ1v) is 28.8. The maximum atomic E-state index is 12.9. The van der Waals surface area contributed by atoms with Crippen molar-refractivity contribution < 1.29 is 63.1 Å². The fourth-order valence-corrected chi connectivity index (χ4v) is 9.33. The van der Waals surface area contributed by atoms with Crippen LogP contribution in [0.25, 0.3) is 0 Å². The number of hydrogen-bond acceptors (Lipinski definition) is 12. The Hall–Kier alpha value is -1.93. The van der Waals surface area contributed by atoms with Gasteiger partial charge < -0.3 is 39.9 Å². The van der Waals surface area contributed by atoms with E-state index in [1.807, 2.05) is 0 Å². The maximum Gasteiger partial charge on any atom is 0.472 e. The van der Waals surface area contributed by atoms with E-state index in [-0.39, 0.29) is 12.8 Å². The van der Waals surface area contributed by atoms with Gasteiger partial charge in [-0.2, -0.15) is 0 Å². The Labute approximate surface area is 412 Å². The van der Waals surface area contributed by atoms with Gasteiger partial charge in [-0.1, -0.05) is 211 Å². The lowest BCUT2D eigenvalue weighted by Gasteiger charge is -2.41. The van der Waals surface area contributed by atoms with Crippen molar-refractivity contribution in [3.63, 3.8) is 0 Å². The molecule has 1 saturated carbocycles. The SMILES string of the molecule is CCCCC/C=C\C/C=C\C/C=C\CCCCCCCCC(=O)OC(COC(=O)CCCCCCCCCCCCCCCCCCCCCC)COP(=O)(O)OC1C(O)C(O)C(O)C(O)C1O. The number of carbonyl (C=O) groups is 2. The Kier molecular flexibility index (Phi) is 41.3. The van der Waals surface area contributed by atoms with Gasteiger partial charge in [-0.25, -0.2) is 4.57 Å². The van der Waals surface area contributed by atoms with Gasteiger partial charge in [0.15, 0.2) is 6.10 Å². The highest BCUT2D eigenvalue weighted by atomic mass is 31.2. The molecular weight excluding hydrogens is 888 g/mol. The second kappa shape index (κ2) is 43.8. The number of phosphoric acid groups is 1. The molecule has 6 atom stereocenters. The summed E-state index contributed by atoms with van der Waals surface area (Å²) in [6.07, 6.45) is 39.0. The van der Waals surface area contributed by atoms with Crippen molar-refractivity contribution in [2.75, 3.05) is 13.2 Å². The van der Waals surface area contributed by atoms with Crippen LogP contribution in [-0.2, 0) is 32.7 Å². The molecule has 68 heavy (non-hydrogen) atoms. The van der Waals surface area contributed by atoms with Crippen LogP contribution in [0, 0.1) is 0 Å². The standard InChI is InChI=1S/C54H99O13P/c1-3-5-7-9-11-13-15-17-19-21-23-25-26-28-30-32-34-36-38-40-42-47(55)64-44-46(45-65-68(62,63)67-54-52(60)50(58)49(57)51(59)53(54)61)66-48(56)43-41-39-37-35-33-31-29-27-24-22-20-18-16-14-12-10-8-6-4-2/h12,14,18,20,24,27,46,49-54,57-61H,3-11,13,15-17,19,21-23,25-26,28-45H2,1-2H3,(H,62,63)/b14-12-,20-18-,27-24-. The van der Waals surface area contributed by atoms with Crippen LogP contribution in [0.2, 0.25) is 0 Å². The molecule has 1 rings (SSSR count). The summed E-state index contributed by atoms with van der Waals surface area (Å²) in [5.74, 6) is -1.10. The summed E-state index contributed by atoms with van der Waals surface area (Å²) in [6.45, 7) is 3.31. The topological polar surface area (TPSA) is 210 Å². The molecule has 0 amide bonds. The number of allylic oxidation sites excluding steroid dienone is 6. The summed E-state index contributed by atoms with van der Waals surface area (Å²) in [5, 5.41) is 50.3.